The van der Waals surface area contributed by atoms with E-state index in [4.69, 9.17) is 4.74 Å². The predicted molar refractivity (Wildman–Crippen MR) is 98.0 cm³/mol. The molecule has 0 bridgehead atoms. The van der Waals surface area contributed by atoms with Gasteiger partial charge in [-0.2, -0.15) is 0 Å². The zero-order valence-electron chi connectivity index (χ0n) is 14.4. The van der Waals surface area contributed by atoms with Crippen LogP contribution in [0.2, 0.25) is 0 Å². The molecule has 0 saturated heterocycles. The molecule has 132 valence electrons. The van der Waals surface area contributed by atoms with E-state index >= 15 is 0 Å². The molecule has 0 saturated carbocycles. The Morgan fingerprint density at radius 2 is 1.88 bits per heavy atom. The number of hydrogen-bond acceptors (Lipinski definition) is 4. The van der Waals surface area contributed by atoms with Gasteiger partial charge in [0.2, 0.25) is 0 Å². The average molecular weight is 342 g/mol. The molecular weight excluding hydrogens is 320 g/mol. The van der Waals surface area contributed by atoms with Crippen LogP contribution in [0.3, 0.4) is 0 Å². The van der Waals surface area contributed by atoms with Gasteiger partial charge in [-0.25, -0.2) is 0 Å². The third-order valence-electron chi connectivity index (χ3n) is 3.54. The Kier molecular flexibility index (Phi) is 6.76. The lowest BCUT2D eigenvalue weighted by Crippen LogP contribution is -2.39. The van der Waals surface area contributed by atoms with E-state index in [1.165, 1.54) is 11.6 Å². The van der Waals surface area contributed by atoms with Gasteiger partial charge in [0.25, 0.3) is 5.69 Å². The summed E-state index contributed by atoms with van der Waals surface area (Å²) in [5.41, 5.74) is 1.88. The largest absolute Gasteiger partial charge is 0.492 e. The molecule has 0 radical (unpaired) electrons. The highest BCUT2D eigenvalue weighted by molar-refractivity contribution is 5.79. The van der Waals surface area contributed by atoms with Crippen LogP contribution in [0.15, 0.2) is 53.5 Å². The normalized spacial score (nSPS) is 11.0. The molecule has 0 amide bonds. The van der Waals surface area contributed by atoms with Gasteiger partial charge in [-0.15, -0.1) is 0 Å². The van der Waals surface area contributed by atoms with Gasteiger partial charge in [0, 0.05) is 25.2 Å². The second kappa shape index (κ2) is 9.27. The fraction of sp³-hybridized carbons (Fsp3) is 0.278. The molecule has 7 nitrogen and oxygen atoms in total. The molecule has 0 heterocycles. The topological polar surface area (TPSA) is 88.8 Å². The van der Waals surface area contributed by atoms with Gasteiger partial charge in [0.05, 0.1) is 11.5 Å². The second-order valence-electron chi connectivity index (χ2n) is 5.40. The van der Waals surface area contributed by atoms with Gasteiger partial charge in [-0.3, -0.25) is 15.1 Å². The number of nitro benzene ring substituents is 1. The summed E-state index contributed by atoms with van der Waals surface area (Å²) < 4.78 is 5.63. The van der Waals surface area contributed by atoms with E-state index < -0.39 is 0 Å². The highest BCUT2D eigenvalue weighted by Crippen LogP contribution is 2.17. The zero-order valence-corrected chi connectivity index (χ0v) is 14.4. The van der Waals surface area contributed by atoms with Crippen LogP contribution in [-0.4, -0.2) is 31.1 Å². The standard InChI is InChI=1S/C18H22N4O3/c1-14-7-9-16(10-8-14)25-12-11-20-18(19-2)21-13-15-5-3-4-6-17(15)22(23)24/h3-10H,11-13H2,1-2H3,(H2,19,20,21). The fourth-order valence-electron chi connectivity index (χ4n) is 2.21. The van der Waals surface area contributed by atoms with Crippen molar-refractivity contribution >= 4 is 11.6 Å². The minimum Gasteiger partial charge on any atom is -0.492 e. The number of para-hydroxylation sites is 1. The molecule has 0 spiro atoms. The Morgan fingerprint density at radius 1 is 1.16 bits per heavy atom. The summed E-state index contributed by atoms with van der Waals surface area (Å²) in [6.07, 6.45) is 0. The first-order valence-corrected chi connectivity index (χ1v) is 7.96. The number of benzene rings is 2. The van der Waals surface area contributed by atoms with Crippen molar-refractivity contribution in [3.05, 3.63) is 69.8 Å². The summed E-state index contributed by atoms with van der Waals surface area (Å²) in [4.78, 5) is 14.7. The van der Waals surface area contributed by atoms with Crippen molar-refractivity contribution in [2.75, 3.05) is 20.2 Å². The number of nitro groups is 1. The zero-order chi connectivity index (χ0) is 18.1. The lowest BCUT2D eigenvalue weighted by molar-refractivity contribution is -0.385. The summed E-state index contributed by atoms with van der Waals surface area (Å²) in [6.45, 7) is 3.38. The van der Waals surface area contributed by atoms with Gasteiger partial charge in [0.15, 0.2) is 5.96 Å². The molecule has 2 aromatic rings. The van der Waals surface area contributed by atoms with Crippen LogP contribution >= 0.6 is 0 Å². The van der Waals surface area contributed by atoms with Crippen LogP contribution in [0, 0.1) is 17.0 Å². The molecule has 0 aliphatic carbocycles. The summed E-state index contributed by atoms with van der Waals surface area (Å²) in [5.74, 6) is 1.38. The molecule has 25 heavy (non-hydrogen) atoms. The summed E-state index contributed by atoms with van der Waals surface area (Å²) in [5, 5.41) is 17.2. The number of aliphatic imine (C=N–C) groups is 1. The number of ether oxygens (including phenoxy) is 1. The molecular formula is C18H22N4O3. The number of hydrogen-bond donors (Lipinski definition) is 2. The van der Waals surface area contributed by atoms with Crippen LogP contribution in [0.4, 0.5) is 5.69 Å². The second-order valence-corrected chi connectivity index (χ2v) is 5.40. The van der Waals surface area contributed by atoms with Crippen molar-refractivity contribution in [3.8, 4) is 5.75 Å². The van der Waals surface area contributed by atoms with Gasteiger partial charge < -0.3 is 15.4 Å². The van der Waals surface area contributed by atoms with E-state index in [0.29, 0.717) is 31.2 Å². The van der Waals surface area contributed by atoms with Crippen molar-refractivity contribution in [3.63, 3.8) is 0 Å². The molecule has 2 rings (SSSR count). The Hall–Kier alpha value is -3.09. The number of aryl methyl sites for hydroxylation is 1. The van der Waals surface area contributed by atoms with Gasteiger partial charge in [0.1, 0.15) is 12.4 Å². The highest BCUT2D eigenvalue weighted by Gasteiger charge is 2.12. The number of nitrogens with zero attached hydrogens (tertiary/aromatic N) is 2. The highest BCUT2D eigenvalue weighted by atomic mass is 16.6. The first kappa shape index (κ1) is 18.3. The first-order valence-electron chi connectivity index (χ1n) is 7.96. The van der Waals surface area contributed by atoms with Gasteiger partial charge in [-0.1, -0.05) is 35.9 Å². The van der Waals surface area contributed by atoms with E-state index in [0.717, 1.165) is 5.75 Å². The van der Waals surface area contributed by atoms with Crippen molar-refractivity contribution in [2.24, 2.45) is 4.99 Å². The van der Waals surface area contributed by atoms with E-state index in [1.807, 2.05) is 31.2 Å². The minimum absolute atomic E-state index is 0.0909. The molecule has 2 N–H and O–H groups in total. The van der Waals surface area contributed by atoms with Crippen LogP contribution in [-0.2, 0) is 6.54 Å². The van der Waals surface area contributed by atoms with Gasteiger partial charge in [-0.05, 0) is 19.1 Å². The number of guanidine groups is 1. The van der Waals surface area contributed by atoms with E-state index in [2.05, 4.69) is 15.6 Å². The maximum absolute atomic E-state index is 11.0. The van der Waals surface area contributed by atoms with Crippen LogP contribution in [0.5, 0.6) is 5.75 Å². The third-order valence-corrected chi connectivity index (χ3v) is 3.54. The Labute approximate surface area is 146 Å². The number of rotatable bonds is 7. The van der Waals surface area contributed by atoms with Crippen LogP contribution < -0.4 is 15.4 Å². The monoisotopic (exact) mass is 342 g/mol. The predicted octanol–water partition coefficient (Wildman–Crippen LogP) is 2.65. The molecule has 2 aromatic carbocycles. The van der Waals surface area contributed by atoms with Crippen molar-refractivity contribution in [1.29, 1.82) is 0 Å². The van der Waals surface area contributed by atoms with E-state index in [-0.39, 0.29) is 10.6 Å². The fourth-order valence-corrected chi connectivity index (χ4v) is 2.21. The van der Waals surface area contributed by atoms with Crippen molar-refractivity contribution < 1.29 is 9.66 Å². The van der Waals surface area contributed by atoms with Crippen molar-refractivity contribution in [2.45, 2.75) is 13.5 Å². The quantitative estimate of drug-likeness (QED) is 0.265. The molecule has 7 heteroatoms. The molecule has 0 aliphatic heterocycles. The molecule has 0 aliphatic rings. The Bertz CT molecular complexity index is 729. The SMILES string of the molecule is CN=C(NCCOc1ccc(C)cc1)NCc1ccccc1[N+](=O)[O-]. The molecule has 0 atom stereocenters. The van der Waals surface area contributed by atoms with Gasteiger partial charge >= 0.3 is 0 Å². The lowest BCUT2D eigenvalue weighted by atomic mass is 10.2. The minimum atomic E-state index is -0.386. The van der Waals surface area contributed by atoms with Crippen LogP contribution in [0.1, 0.15) is 11.1 Å². The molecule has 0 fully saturated rings. The third kappa shape index (κ3) is 5.80. The maximum Gasteiger partial charge on any atom is 0.274 e. The Balaban J connectivity index is 1.77. The van der Waals surface area contributed by atoms with E-state index in [1.54, 1.807) is 25.2 Å². The summed E-state index contributed by atoms with van der Waals surface area (Å²) in [7, 11) is 1.65. The lowest BCUT2D eigenvalue weighted by Gasteiger charge is -2.12. The van der Waals surface area contributed by atoms with Crippen LogP contribution in [0.25, 0.3) is 0 Å². The first-order chi connectivity index (χ1) is 12.1. The molecule has 0 aromatic heterocycles. The maximum atomic E-state index is 11.0. The Morgan fingerprint density at radius 3 is 2.56 bits per heavy atom. The van der Waals surface area contributed by atoms with E-state index in [9.17, 15) is 10.1 Å². The summed E-state index contributed by atoms with van der Waals surface area (Å²) >= 11 is 0. The smallest absolute Gasteiger partial charge is 0.274 e. The number of nitrogens with one attached hydrogen (secondary N) is 2. The summed E-state index contributed by atoms with van der Waals surface area (Å²) in [6, 6.07) is 14.5. The average Bonchev–Trinajstić information content (AvgIpc) is 2.62. The molecule has 0 unspecified atom stereocenters. The van der Waals surface area contributed by atoms with Crippen molar-refractivity contribution in [1.82, 2.24) is 10.6 Å².